The van der Waals surface area contributed by atoms with Crippen LogP contribution < -0.4 is 0 Å². The minimum Gasteiger partial charge on any atom is -0.500 e. The Balaban J connectivity index is 0.000000187. The van der Waals surface area contributed by atoms with Crippen LogP contribution in [0.15, 0.2) is 102 Å². The number of hydrogen-bond donors (Lipinski definition) is 0. The molecule has 4 heterocycles. The zero-order valence-electron chi connectivity index (χ0n) is 21.8. The zero-order chi connectivity index (χ0) is 26.1. The smallest absolute Gasteiger partial charge is 0.130 e. The number of nitrogens with zero attached hydrogens (tertiary/aromatic N) is 3. The number of rotatable bonds is 2. The largest absolute Gasteiger partial charge is 0.500 e. The Hall–Kier alpha value is -4.18. The summed E-state index contributed by atoms with van der Waals surface area (Å²) in [5.41, 5.74) is 8.77. The molecule has 0 saturated carbocycles. The first-order chi connectivity index (χ1) is 18.6. The van der Waals surface area contributed by atoms with Gasteiger partial charge in [0, 0.05) is 55.2 Å². The molecule has 7 aromatic rings. The van der Waals surface area contributed by atoms with Crippen LogP contribution in [0.5, 0.6) is 0 Å². The van der Waals surface area contributed by atoms with Gasteiger partial charge in [0.15, 0.2) is 0 Å². The number of hydrogen-bond acceptors (Lipinski definition) is 4. The topological polar surface area (TPSA) is 51.8 Å². The number of fused-ring (bicyclic) bond motifs is 5. The summed E-state index contributed by atoms with van der Waals surface area (Å²) in [6.45, 7) is 6.08. The molecule has 0 aliphatic heterocycles. The van der Waals surface area contributed by atoms with Crippen molar-refractivity contribution in [3.8, 4) is 22.5 Å². The molecule has 0 aliphatic carbocycles. The third-order valence-corrected chi connectivity index (χ3v) is 6.58. The average molecular weight is 684 g/mol. The first-order valence-electron chi connectivity index (χ1n) is 12.5. The van der Waals surface area contributed by atoms with Gasteiger partial charge in [0.2, 0.25) is 0 Å². The van der Waals surface area contributed by atoms with Gasteiger partial charge in [-0.3, -0.25) is 4.98 Å². The fraction of sp³-hybridized carbons (Fsp3) is 0.0882. The van der Waals surface area contributed by atoms with Gasteiger partial charge in [0.1, 0.15) is 5.58 Å². The van der Waals surface area contributed by atoms with Crippen molar-refractivity contribution in [1.29, 1.82) is 0 Å². The molecule has 3 aromatic carbocycles. The number of aryl methyl sites for hydroxylation is 3. The summed E-state index contributed by atoms with van der Waals surface area (Å²) >= 11 is 0. The van der Waals surface area contributed by atoms with Gasteiger partial charge in [0.05, 0.1) is 5.58 Å². The molecule has 0 unspecified atom stereocenters. The predicted molar refractivity (Wildman–Crippen MR) is 154 cm³/mol. The predicted octanol–water partition coefficient (Wildman–Crippen LogP) is 8.47. The van der Waals surface area contributed by atoms with Gasteiger partial charge in [-0.05, 0) is 54.7 Å². The Morgan fingerprint density at radius 1 is 0.641 bits per heavy atom. The van der Waals surface area contributed by atoms with E-state index in [1.54, 1.807) is 0 Å². The van der Waals surface area contributed by atoms with Crippen molar-refractivity contribution in [3.05, 3.63) is 126 Å². The van der Waals surface area contributed by atoms with E-state index in [1.165, 1.54) is 5.56 Å². The van der Waals surface area contributed by atoms with Crippen LogP contribution in [0, 0.1) is 32.9 Å². The van der Waals surface area contributed by atoms with Crippen LogP contribution in [0.2, 0.25) is 0 Å². The molecule has 0 aliphatic rings. The summed E-state index contributed by atoms with van der Waals surface area (Å²) in [6.07, 6.45) is 5.58. The van der Waals surface area contributed by atoms with Crippen molar-refractivity contribution in [3.63, 3.8) is 0 Å². The van der Waals surface area contributed by atoms with Crippen LogP contribution >= 0.6 is 0 Å². The first kappa shape index (κ1) is 26.4. The Labute approximate surface area is 241 Å². The Morgan fingerprint density at radius 2 is 1.38 bits per heavy atom. The zero-order valence-corrected chi connectivity index (χ0v) is 24.2. The van der Waals surface area contributed by atoms with Crippen molar-refractivity contribution < 1.29 is 24.5 Å². The van der Waals surface area contributed by atoms with E-state index in [0.29, 0.717) is 0 Å². The van der Waals surface area contributed by atoms with Crippen LogP contribution in [0.25, 0.3) is 55.2 Å². The molecule has 0 N–H and O–H groups in total. The Bertz CT molecular complexity index is 1880. The molecule has 0 atom stereocenters. The van der Waals surface area contributed by atoms with E-state index >= 15 is 0 Å². The van der Waals surface area contributed by atoms with Gasteiger partial charge in [-0.25, -0.2) is 0 Å². The van der Waals surface area contributed by atoms with Gasteiger partial charge in [-0.1, -0.05) is 47.3 Å². The minimum atomic E-state index is 0. The van der Waals surface area contributed by atoms with E-state index in [2.05, 4.69) is 57.4 Å². The maximum absolute atomic E-state index is 6.35. The van der Waals surface area contributed by atoms with E-state index < -0.39 is 0 Å². The molecule has 4 nitrogen and oxygen atoms in total. The number of pyridine rings is 3. The van der Waals surface area contributed by atoms with E-state index in [1.807, 2.05) is 87.9 Å². The minimum absolute atomic E-state index is 0. The quantitative estimate of drug-likeness (QED) is 0.172. The number of benzene rings is 3. The normalized spacial score (nSPS) is 10.7. The molecule has 0 saturated heterocycles. The van der Waals surface area contributed by atoms with E-state index in [-0.39, 0.29) is 20.1 Å². The summed E-state index contributed by atoms with van der Waals surface area (Å²) in [7, 11) is 0. The third kappa shape index (κ3) is 5.24. The van der Waals surface area contributed by atoms with Crippen LogP contribution in [0.4, 0.5) is 0 Å². The van der Waals surface area contributed by atoms with Crippen molar-refractivity contribution >= 4 is 32.7 Å². The van der Waals surface area contributed by atoms with Gasteiger partial charge in [-0.2, -0.15) is 0 Å². The fourth-order valence-corrected chi connectivity index (χ4v) is 4.61. The van der Waals surface area contributed by atoms with Gasteiger partial charge < -0.3 is 14.4 Å². The van der Waals surface area contributed by atoms with Gasteiger partial charge in [0.25, 0.3) is 0 Å². The van der Waals surface area contributed by atoms with E-state index in [9.17, 15) is 0 Å². The van der Waals surface area contributed by atoms with Crippen LogP contribution in [0.3, 0.4) is 0 Å². The molecule has 4 aromatic heterocycles. The molecule has 0 amide bonds. The number of furan rings is 1. The first-order valence-corrected chi connectivity index (χ1v) is 12.5. The molecule has 0 bridgehead atoms. The summed E-state index contributed by atoms with van der Waals surface area (Å²) in [5, 5.41) is 4.38. The van der Waals surface area contributed by atoms with Crippen LogP contribution in [0.1, 0.15) is 16.8 Å². The summed E-state index contributed by atoms with van der Waals surface area (Å²) in [6, 6.07) is 32.7. The maximum Gasteiger partial charge on any atom is 0.130 e. The second-order valence-electron chi connectivity index (χ2n) is 9.35. The molecular weight excluding hydrogens is 659 g/mol. The van der Waals surface area contributed by atoms with Crippen molar-refractivity contribution in [2.24, 2.45) is 0 Å². The Kier molecular flexibility index (Phi) is 7.65. The molecule has 0 spiro atoms. The van der Waals surface area contributed by atoms with Crippen molar-refractivity contribution in [2.75, 3.05) is 0 Å². The Morgan fingerprint density at radius 3 is 2.08 bits per heavy atom. The molecule has 7 rings (SSSR count). The SMILES string of the molecule is Cc1ccc(-c2[c-]ccc3c2oc2c3ccc3ccnc(C)c32)nc1.Cc1ccc(-c2[c-]cccc2)nc1.[Ir]. The maximum atomic E-state index is 6.35. The molecular formula is C34H25IrN3O-2. The molecule has 0 fully saturated rings. The second kappa shape index (κ2) is 11.3. The third-order valence-electron chi connectivity index (χ3n) is 6.58. The molecule has 39 heavy (non-hydrogen) atoms. The average Bonchev–Trinajstić information content (AvgIpc) is 3.34. The van der Waals surface area contributed by atoms with Crippen LogP contribution in [-0.4, -0.2) is 15.0 Å². The molecule has 5 heteroatoms. The van der Waals surface area contributed by atoms with Crippen LogP contribution in [-0.2, 0) is 20.1 Å². The van der Waals surface area contributed by atoms with Gasteiger partial charge >= 0.3 is 0 Å². The number of aromatic nitrogens is 3. The van der Waals surface area contributed by atoms with Crippen molar-refractivity contribution in [1.82, 2.24) is 15.0 Å². The summed E-state index contributed by atoms with van der Waals surface area (Å²) < 4.78 is 6.35. The van der Waals surface area contributed by atoms with E-state index in [0.717, 1.165) is 66.5 Å². The fourth-order valence-electron chi connectivity index (χ4n) is 4.61. The summed E-state index contributed by atoms with van der Waals surface area (Å²) in [5.74, 6) is 0. The summed E-state index contributed by atoms with van der Waals surface area (Å²) in [4.78, 5) is 13.3. The standard InChI is InChI=1S/C22H15N2O.C12H10N.Ir/c1-13-6-9-19(24-12-13)18-5-3-4-16-17-8-7-15-10-11-23-14(2)20(15)22(17)25-21(16)18;1-10-7-8-12(13-9-10)11-5-3-2-4-6-11;/h3-4,6-12H,1-2H3;2-5,7-9H,1H3;/q2*-1;. The van der Waals surface area contributed by atoms with E-state index in [4.69, 9.17) is 4.42 Å². The molecule has 193 valence electrons. The second-order valence-corrected chi connectivity index (χ2v) is 9.35. The monoisotopic (exact) mass is 684 g/mol. The molecule has 1 radical (unpaired) electrons. The van der Waals surface area contributed by atoms with Crippen molar-refractivity contribution in [2.45, 2.75) is 20.8 Å². The van der Waals surface area contributed by atoms with Gasteiger partial charge in [-0.15, -0.1) is 54.1 Å².